The Bertz CT molecular complexity index is 1210. The predicted octanol–water partition coefficient (Wildman–Crippen LogP) is 6.82. The van der Waals surface area contributed by atoms with Gasteiger partial charge in [0.25, 0.3) is 0 Å². The first kappa shape index (κ1) is 21.1. The van der Waals surface area contributed by atoms with Crippen LogP contribution < -0.4 is 0 Å². The fraction of sp³-hybridized carbons (Fsp3) is 0.333. The second kappa shape index (κ2) is 7.52. The van der Waals surface area contributed by atoms with Gasteiger partial charge in [-0.1, -0.05) is 71.0 Å². The van der Waals surface area contributed by atoms with Gasteiger partial charge < -0.3 is 5.11 Å². The second-order valence-corrected chi connectivity index (χ2v) is 10.3. The Balaban J connectivity index is 1.98. The van der Waals surface area contributed by atoms with Gasteiger partial charge in [0.15, 0.2) is 5.75 Å². The molecule has 0 saturated heterocycles. The topological polar surface area (TPSA) is 50.9 Å². The van der Waals surface area contributed by atoms with Crippen LogP contribution in [-0.4, -0.2) is 20.1 Å². The average molecular weight is 414 g/mol. The highest BCUT2D eigenvalue weighted by atomic mass is 16.3. The second-order valence-electron chi connectivity index (χ2n) is 10.3. The minimum atomic E-state index is -0.0925. The van der Waals surface area contributed by atoms with Crippen LogP contribution in [0.25, 0.3) is 27.8 Å². The minimum Gasteiger partial charge on any atom is -0.505 e. The molecule has 31 heavy (non-hydrogen) atoms. The number of rotatable bonds is 4. The Kier molecular flexibility index (Phi) is 5.12. The van der Waals surface area contributed by atoms with Crippen molar-refractivity contribution in [3.63, 3.8) is 0 Å². The zero-order valence-electron chi connectivity index (χ0n) is 19.3. The number of phenolic OH excluding ortho intramolecular Hbond substituents is 1. The van der Waals surface area contributed by atoms with Crippen molar-refractivity contribution in [2.75, 3.05) is 0 Å². The van der Waals surface area contributed by atoms with Crippen LogP contribution in [0.5, 0.6) is 5.75 Å². The maximum atomic E-state index is 11.4. The summed E-state index contributed by atoms with van der Waals surface area (Å²) in [5.41, 5.74) is 6.41. The fourth-order valence-electron chi connectivity index (χ4n) is 4.64. The van der Waals surface area contributed by atoms with Crippen molar-refractivity contribution in [2.24, 2.45) is 5.41 Å². The van der Waals surface area contributed by atoms with Gasteiger partial charge in [-0.15, -0.1) is 15.0 Å². The Hall–Kier alpha value is -3.14. The van der Waals surface area contributed by atoms with E-state index >= 15 is 0 Å². The minimum absolute atomic E-state index is 0.0925. The van der Waals surface area contributed by atoms with Crippen LogP contribution in [0, 0.1) is 12.3 Å². The van der Waals surface area contributed by atoms with Gasteiger partial charge in [-0.25, -0.2) is 0 Å². The molecule has 4 nitrogen and oxygen atoms in total. The summed E-state index contributed by atoms with van der Waals surface area (Å²) in [7, 11) is 0. The summed E-state index contributed by atoms with van der Waals surface area (Å²) in [6.45, 7) is 13.4. The molecule has 0 atom stereocenters. The normalized spacial score (nSPS) is 12.5. The summed E-state index contributed by atoms with van der Waals surface area (Å²) >= 11 is 0. The quantitative estimate of drug-likeness (QED) is 0.399. The first-order valence-corrected chi connectivity index (χ1v) is 10.8. The van der Waals surface area contributed by atoms with Crippen molar-refractivity contribution in [3.05, 3.63) is 71.8 Å². The zero-order valence-corrected chi connectivity index (χ0v) is 19.3. The number of hydrogen-bond acceptors (Lipinski definition) is 3. The molecular formula is C27H31N3O. The first-order chi connectivity index (χ1) is 14.5. The summed E-state index contributed by atoms with van der Waals surface area (Å²) in [6, 6.07) is 20.1. The lowest BCUT2D eigenvalue weighted by Gasteiger charge is -2.33. The van der Waals surface area contributed by atoms with Gasteiger partial charge in [0, 0.05) is 5.56 Å². The summed E-state index contributed by atoms with van der Waals surface area (Å²) in [4.78, 5) is 1.57. The largest absolute Gasteiger partial charge is 0.505 e. The first-order valence-electron chi connectivity index (χ1n) is 10.8. The number of hydrogen-bond donors (Lipinski definition) is 1. The van der Waals surface area contributed by atoms with E-state index in [-0.39, 0.29) is 16.6 Å². The van der Waals surface area contributed by atoms with Gasteiger partial charge in [0.2, 0.25) is 0 Å². The molecule has 0 radical (unpaired) electrons. The number of aromatic nitrogens is 3. The van der Waals surface area contributed by atoms with E-state index in [4.69, 9.17) is 0 Å². The molecule has 1 aromatic heterocycles. The number of aromatic hydroxyl groups is 1. The summed E-state index contributed by atoms with van der Waals surface area (Å²) in [6.07, 6.45) is 1.01. The number of phenols is 1. The summed E-state index contributed by atoms with van der Waals surface area (Å²) < 4.78 is 0. The Morgan fingerprint density at radius 3 is 1.97 bits per heavy atom. The zero-order chi connectivity index (χ0) is 22.4. The van der Waals surface area contributed by atoms with Crippen LogP contribution in [-0.2, 0) is 5.41 Å². The summed E-state index contributed by atoms with van der Waals surface area (Å²) in [5, 5.41) is 20.7. The third-order valence-corrected chi connectivity index (χ3v) is 5.78. The number of aryl methyl sites for hydroxylation is 1. The lowest BCUT2D eigenvalue weighted by Crippen LogP contribution is -2.25. The molecule has 0 unspecified atom stereocenters. The van der Waals surface area contributed by atoms with E-state index in [9.17, 15) is 5.11 Å². The monoisotopic (exact) mass is 413 g/mol. The van der Waals surface area contributed by atoms with Crippen molar-refractivity contribution in [3.8, 4) is 22.6 Å². The molecule has 0 aliphatic rings. The van der Waals surface area contributed by atoms with Gasteiger partial charge in [0.1, 0.15) is 16.7 Å². The molecule has 0 bridgehead atoms. The highest BCUT2D eigenvalue weighted by Gasteiger charge is 2.30. The van der Waals surface area contributed by atoms with Crippen LogP contribution in [0.4, 0.5) is 0 Å². The van der Waals surface area contributed by atoms with Crippen molar-refractivity contribution in [1.82, 2.24) is 15.0 Å². The highest BCUT2D eigenvalue weighted by Crippen LogP contribution is 2.43. The average Bonchev–Trinajstić information content (AvgIpc) is 3.11. The molecule has 4 aromatic rings. The van der Waals surface area contributed by atoms with Crippen LogP contribution in [0.1, 0.15) is 52.2 Å². The van der Waals surface area contributed by atoms with E-state index in [1.54, 1.807) is 4.80 Å². The van der Waals surface area contributed by atoms with Crippen LogP contribution >= 0.6 is 0 Å². The van der Waals surface area contributed by atoms with E-state index in [1.807, 2.05) is 42.5 Å². The maximum Gasteiger partial charge on any atom is 0.150 e. The van der Waals surface area contributed by atoms with Crippen molar-refractivity contribution in [2.45, 2.75) is 53.4 Å². The molecule has 0 aliphatic carbocycles. The third-order valence-electron chi connectivity index (χ3n) is 5.78. The van der Waals surface area contributed by atoms with Crippen LogP contribution in [0.15, 0.2) is 60.7 Å². The number of benzene rings is 3. The number of fused-ring (bicyclic) bond motifs is 1. The van der Waals surface area contributed by atoms with Crippen molar-refractivity contribution in [1.29, 1.82) is 0 Å². The van der Waals surface area contributed by atoms with Gasteiger partial charge >= 0.3 is 0 Å². The molecule has 4 heteroatoms. The fourth-order valence-corrected chi connectivity index (χ4v) is 4.64. The van der Waals surface area contributed by atoms with Crippen molar-refractivity contribution >= 4 is 11.0 Å². The third kappa shape index (κ3) is 4.20. The van der Waals surface area contributed by atoms with E-state index in [1.165, 1.54) is 0 Å². The van der Waals surface area contributed by atoms with Gasteiger partial charge in [0.05, 0.1) is 0 Å². The molecule has 1 N–H and O–H groups in total. The van der Waals surface area contributed by atoms with Gasteiger partial charge in [-0.05, 0) is 65.1 Å². The smallest absolute Gasteiger partial charge is 0.150 e. The van der Waals surface area contributed by atoms with E-state index in [0.29, 0.717) is 5.69 Å². The van der Waals surface area contributed by atoms with E-state index in [2.05, 4.69) is 69.9 Å². The lowest BCUT2D eigenvalue weighted by atomic mass is 9.71. The van der Waals surface area contributed by atoms with Gasteiger partial charge in [-0.2, -0.15) is 0 Å². The molecule has 0 amide bonds. The molecule has 0 fully saturated rings. The standard InChI is InChI=1S/C27H31N3O/c1-18-11-7-8-12-20(18)21-15-19(27(5,6)17-26(2,3)4)16-24(25(21)31)30-28-22-13-9-10-14-23(22)29-30/h7-16,31H,17H2,1-6H3. The molecule has 3 aromatic carbocycles. The lowest BCUT2D eigenvalue weighted by molar-refractivity contribution is 0.284. The van der Waals surface area contributed by atoms with Gasteiger partial charge in [-0.3, -0.25) is 0 Å². The summed E-state index contributed by atoms with van der Waals surface area (Å²) in [5.74, 6) is 0.199. The predicted molar refractivity (Wildman–Crippen MR) is 128 cm³/mol. The van der Waals surface area contributed by atoms with Crippen molar-refractivity contribution < 1.29 is 5.11 Å². The molecule has 160 valence electrons. The Labute approximate surface area is 184 Å². The Morgan fingerprint density at radius 2 is 1.39 bits per heavy atom. The SMILES string of the molecule is Cc1ccccc1-c1cc(C(C)(C)CC(C)(C)C)cc(-n2nc3ccccc3n2)c1O. The molecular weight excluding hydrogens is 382 g/mol. The maximum absolute atomic E-state index is 11.4. The number of nitrogens with zero attached hydrogens (tertiary/aromatic N) is 3. The Morgan fingerprint density at radius 1 is 0.806 bits per heavy atom. The molecule has 0 spiro atoms. The van der Waals surface area contributed by atoms with E-state index < -0.39 is 0 Å². The highest BCUT2D eigenvalue weighted by molar-refractivity contribution is 5.79. The molecule has 0 saturated carbocycles. The van der Waals surface area contributed by atoms with Crippen LogP contribution in [0.3, 0.4) is 0 Å². The molecule has 4 rings (SSSR count). The molecule has 0 aliphatic heterocycles. The molecule has 1 heterocycles. The van der Waals surface area contributed by atoms with Crippen LogP contribution in [0.2, 0.25) is 0 Å². The van der Waals surface area contributed by atoms with E-state index in [0.717, 1.165) is 39.7 Å².